The van der Waals surface area contributed by atoms with Crippen LogP contribution in [-0.2, 0) is 7.05 Å². The van der Waals surface area contributed by atoms with Gasteiger partial charge in [-0.1, -0.05) is 0 Å². The Morgan fingerprint density at radius 3 is 2.76 bits per heavy atom. The molecule has 4 nitrogen and oxygen atoms in total. The Labute approximate surface area is 97.9 Å². The molecule has 17 heavy (non-hydrogen) atoms. The zero-order valence-corrected chi connectivity index (χ0v) is 9.44. The second kappa shape index (κ2) is 4.26. The first-order chi connectivity index (χ1) is 8.17. The Morgan fingerprint density at radius 1 is 1.47 bits per heavy atom. The van der Waals surface area contributed by atoms with Crippen molar-refractivity contribution in [3.63, 3.8) is 0 Å². The highest BCUT2D eigenvalue weighted by Gasteiger charge is 2.11. The number of rotatable bonds is 2. The highest BCUT2D eigenvalue weighted by Crippen LogP contribution is 2.24. The van der Waals surface area contributed by atoms with Crippen LogP contribution in [-0.4, -0.2) is 16.7 Å². The average molecular weight is 231 g/mol. The van der Waals surface area contributed by atoms with Crippen molar-refractivity contribution in [1.29, 1.82) is 5.26 Å². The van der Waals surface area contributed by atoms with Crippen molar-refractivity contribution in [3.8, 4) is 23.2 Å². The molecule has 0 fully saturated rings. The second-order valence-electron chi connectivity index (χ2n) is 3.49. The van der Waals surface area contributed by atoms with Gasteiger partial charge in [-0.2, -0.15) is 5.26 Å². The molecule has 2 rings (SSSR count). The Morgan fingerprint density at radius 2 is 2.24 bits per heavy atom. The van der Waals surface area contributed by atoms with Gasteiger partial charge in [0.15, 0.2) is 11.6 Å². The number of nitriles is 1. The van der Waals surface area contributed by atoms with E-state index < -0.39 is 5.82 Å². The molecule has 0 atom stereocenters. The summed E-state index contributed by atoms with van der Waals surface area (Å²) in [5.74, 6) is 0.276. The summed E-state index contributed by atoms with van der Waals surface area (Å²) in [6.45, 7) is 0. The molecule has 2 aromatic rings. The number of benzene rings is 1. The normalized spacial score (nSPS) is 10.0. The summed E-state index contributed by atoms with van der Waals surface area (Å²) in [6, 6.07) is 6.57. The van der Waals surface area contributed by atoms with E-state index in [0.717, 1.165) is 0 Å². The molecule has 0 unspecified atom stereocenters. The Hall–Kier alpha value is -2.35. The van der Waals surface area contributed by atoms with Gasteiger partial charge in [0.2, 0.25) is 0 Å². The summed E-state index contributed by atoms with van der Waals surface area (Å²) in [6.07, 6.45) is 1.46. The largest absolute Gasteiger partial charge is 0.494 e. The molecular weight excluding hydrogens is 221 g/mol. The zero-order chi connectivity index (χ0) is 12.4. The van der Waals surface area contributed by atoms with Gasteiger partial charge < -0.3 is 9.30 Å². The predicted octanol–water partition coefficient (Wildman–Crippen LogP) is 2.11. The SMILES string of the molecule is COc1ccc(-c2ncc(C#N)n2C)cc1F. The molecule has 0 radical (unpaired) electrons. The lowest BCUT2D eigenvalue weighted by atomic mass is 10.2. The van der Waals surface area contributed by atoms with Crippen molar-refractivity contribution in [2.24, 2.45) is 7.05 Å². The van der Waals surface area contributed by atoms with Crippen molar-refractivity contribution in [3.05, 3.63) is 35.9 Å². The highest BCUT2D eigenvalue weighted by atomic mass is 19.1. The van der Waals surface area contributed by atoms with E-state index in [0.29, 0.717) is 17.1 Å². The first-order valence-electron chi connectivity index (χ1n) is 4.93. The Balaban J connectivity index is 2.51. The molecule has 5 heteroatoms. The fourth-order valence-electron chi connectivity index (χ4n) is 1.59. The summed E-state index contributed by atoms with van der Waals surface area (Å²) in [5.41, 5.74) is 1.03. The molecule has 0 saturated heterocycles. The van der Waals surface area contributed by atoms with Crippen LogP contribution in [0, 0.1) is 17.1 Å². The van der Waals surface area contributed by atoms with Gasteiger partial charge in [-0.15, -0.1) is 0 Å². The average Bonchev–Trinajstić information content (AvgIpc) is 2.70. The van der Waals surface area contributed by atoms with E-state index in [4.69, 9.17) is 10.00 Å². The number of ether oxygens (including phenoxy) is 1. The monoisotopic (exact) mass is 231 g/mol. The van der Waals surface area contributed by atoms with E-state index in [2.05, 4.69) is 4.98 Å². The number of halogens is 1. The van der Waals surface area contributed by atoms with Gasteiger partial charge in [0.25, 0.3) is 0 Å². The van der Waals surface area contributed by atoms with Crippen molar-refractivity contribution < 1.29 is 9.13 Å². The van der Waals surface area contributed by atoms with Crippen LogP contribution in [0.4, 0.5) is 4.39 Å². The van der Waals surface area contributed by atoms with Crippen molar-refractivity contribution in [1.82, 2.24) is 9.55 Å². The number of imidazole rings is 1. The molecule has 0 N–H and O–H groups in total. The van der Waals surface area contributed by atoms with E-state index >= 15 is 0 Å². The van der Waals surface area contributed by atoms with E-state index in [1.807, 2.05) is 6.07 Å². The van der Waals surface area contributed by atoms with E-state index in [9.17, 15) is 4.39 Å². The molecule has 0 amide bonds. The van der Waals surface area contributed by atoms with Crippen molar-refractivity contribution in [2.45, 2.75) is 0 Å². The van der Waals surface area contributed by atoms with E-state index in [1.54, 1.807) is 17.7 Å². The number of methoxy groups -OCH3 is 1. The third kappa shape index (κ3) is 1.85. The van der Waals surface area contributed by atoms with Crippen LogP contribution in [0.1, 0.15) is 5.69 Å². The van der Waals surface area contributed by atoms with Crippen LogP contribution in [0.2, 0.25) is 0 Å². The third-order valence-electron chi connectivity index (χ3n) is 2.51. The third-order valence-corrected chi connectivity index (χ3v) is 2.51. The Kier molecular flexibility index (Phi) is 2.79. The molecule has 1 heterocycles. The van der Waals surface area contributed by atoms with Crippen LogP contribution < -0.4 is 4.74 Å². The van der Waals surface area contributed by atoms with E-state index in [-0.39, 0.29) is 5.75 Å². The van der Waals surface area contributed by atoms with Gasteiger partial charge >= 0.3 is 0 Å². The first kappa shape index (κ1) is 11.1. The summed E-state index contributed by atoms with van der Waals surface area (Å²) in [5, 5.41) is 8.81. The molecule has 0 saturated carbocycles. The molecule has 1 aromatic heterocycles. The molecule has 0 bridgehead atoms. The lowest BCUT2D eigenvalue weighted by Gasteiger charge is -2.05. The van der Waals surface area contributed by atoms with E-state index in [1.165, 1.54) is 25.4 Å². The lowest BCUT2D eigenvalue weighted by Crippen LogP contribution is -1.96. The Bertz CT molecular complexity index is 598. The number of hydrogen-bond acceptors (Lipinski definition) is 3. The van der Waals surface area contributed by atoms with Crippen LogP contribution in [0.3, 0.4) is 0 Å². The van der Waals surface area contributed by atoms with Crippen LogP contribution in [0.15, 0.2) is 24.4 Å². The summed E-state index contributed by atoms with van der Waals surface area (Å²) < 4.78 is 20.0. The fourth-order valence-corrected chi connectivity index (χ4v) is 1.59. The van der Waals surface area contributed by atoms with Crippen LogP contribution in [0.25, 0.3) is 11.4 Å². The maximum atomic E-state index is 13.5. The van der Waals surface area contributed by atoms with Crippen molar-refractivity contribution >= 4 is 0 Å². The molecule has 0 aliphatic heterocycles. The van der Waals surface area contributed by atoms with Gasteiger partial charge in [-0.25, -0.2) is 9.37 Å². The maximum absolute atomic E-state index is 13.5. The number of nitrogens with zero attached hydrogens (tertiary/aromatic N) is 3. The molecular formula is C12H10FN3O. The molecule has 86 valence electrons. The quantitative estimate of drug-likeness (QED) is 0.795. The number of hydrogen-bond donors (Lipinski definition) is 0. The lowest BCUT2D eigenvalue weighted by molar-refractivity contribution is 0.386. The van der Waals surface area contributed by atoms with Crippen LogP contribution in [0.5, 0.6) is 5.75 Å². The second-order valence-corrected chi connectivity index (χ2v) is 3.49. The zero-order valence-electron chi connectivity index (χ0n) is 9.44. The smallest absolute Gasteiger partial charge is 0.165 e. The van der Waals surface area contributed by atoms with Gasteiger partial charge in [-0.3, -0.25) is 0 Å². The van der Waals surface area contributed by atoms with Gasteiger partial charge in [0, 0.05) is 12.6 Å². The van der Waals surface area contributed by atoms with Gasteiger partial charge in [-0.05, 0) is 18.2 Å². The summed E-state index contributed by atoms with van der Waals surface area (Å²) >= 11 is 0. The molecule has 0 spiro atoms. The topological polar surface area (TPSA) is 50.8 Å². The predicted molar refractivity (Wildman–Crippen MR) is 59.9 cm³/mol. The summed E-state index contributed by atoms with van der Waals surface area (Å²) in [7, 11) is 3.12. The maximum Gasteiger partial charge on any atom is 0.165 e. The number of aromatic nitrogens is 2. The first-order valence-corrected chi connectivity index (χ1v) is 4.93. The van der Waals surface area contributed by atoms with Crippen LogP contribution >= 0.6 is 0 Å². The minimum absolute atomic E-state index is 0.184. The van der Waals surface area contributed by atoms with Gasteiger partial charge in [0.05, 0.1) is 13.3 Å². The minimum atomic E-state index is -0.452. The van der Waals surface area contributed by atoms with Crippen molar-refractivity contribution in [2.75, 3.05) is 7.11 Å². The summed E-state index contributed by atoms with van der Waals surface area (Å²) in [4.78, 5) is 4.09. The molecule has 0 aliphatic rings. The molecule has 1 aromatic carbocycles. The highest BCUT2D eigenvalue weighted by molar-refractivity contribution is 5.58. The molecule has 0 aliphatic carbocycles. The minimum Gasteiger partial charge on any atom is -0.494 e. The standard InChI is InChI=1S/C12H10FN3O/c1-16-9(6-14)7-15-12(16)8-3-4-11(17-2)10(13)5-8/h3-5,7H,1-2H3. The van der Waals surface area contributed by atoms with Gasteiger partial charge in [0.1, 0.15) is 17.6 Å². The fraction of sp³-hybridized carbons (Fsp3) is 0.167.